The van der Waals surface area contributed by atoms with Gasteiger partial charge in [-0.25, -0.2) is 18.1 Å². The molecule has 1 aromatic carbocycles. The van der Waals surface area contributed by atoms with Crippen LogP contribution in [0.1, 0.15) is 20.8 Å². The molecule has 23 heavy (non-hydrogen) atoms. The second-order valence-electron chi connectivity index (χ2n) is 4.59. The molecule has 3 N–H and O–H groups in total. The summed E-state index contributed by atoms with van der Waals surface area (Å²) < 4.78 is 24.0. The Balaban J connectivity index is 2.38. The highest BCUT2D eigenvalue weighted by atomic mass is 35.5. The molecule has 0 aliphatic carbocycles. The van der Waals surface area contributed by atoms with Crippen molar-refractivity contribution in [3.8, 4) is 11.3 Å². The van der Waals surface area contributed by atoms with Crippen LogP contribution in [0.5, 0.6) is 0 Å². The Labute approximate surface area is 137 Å². The fourth-order valence-corrected chi connectivity index (χ4v) is 2.49. The number of nitrogens with zero attached hydrogens (tertiary/aromatic N) is 1. The van der Waals surface area contributed by atoms with Crippen LogP contribution in [0.15, 0.2) is 30.3 Å². The number of rotatable bonds is 4. The smallest absolute Gasteiger partial charge is 0.267 e. The van der Waals surface area contributed by atoms with Crippen LogP contribution in [0, 0.1) is 6.07 Å². The number of nitrogens with two attached hydrogens (primary N) is 1. The van der Waals surface area contributed by atoms with Crippen molar-refractivity contribution in [1.29, 1.82) is 0 Å². The van der Waals surface area contributed by atoms with Gasteiger partial charge in [0.15, 0.2) is 0 Å². The van der Waals surface area contributed by atoms with Gasteiger partial charge in [-0.15, -0.1) is 0 Å². The van der Waals surface area contributed by atoms with Crippen molar-refractivity contribution in [2.75, 3.05) is 6.26 Å². The number of hydrogen-bond donors (Lipinski definition) is 2. The first-order chi connectivity index (χ1) is 10.7. The van der Waals surface area contributed by atoms with E-state index in [9.17, 15) is 18.0 Å². The van der Waals surface area contributed by atoms with E-state index in [1.165, 1.54) is 24.3 Å². The van der Waals surface area contributed by atoms with E-state index in [2.05, 4.69) is 11.1 Å². The highest BCUT2D eigenvalue weighted by Crippen LogP contribution is 2.27. The van der Waals surface area contributed by atoms with Crippen LogP contribution in [0.3, 0.4) is 0 Å². The van der Waals surface area contributed by atoms with Gasteiger partial charge in [0.2, 0.25) is 10.0 Å². The minimum Gasteiger partial charge on any atom is -0.364 e. The van der Waals surface area contributed by atoms with Gasteiger partial charge < -0.3 is 5.73 Å². The molecule has 9 heteroatoms. The Bertz CT molecular complexity index is 897. The van der Waals surface area contributed by atoms with Crippen LogP contribution >= 0.6 is 11.6 Å². The molecule has 7 nitrogen and oxygen atoms in total. The molecule has 2 amide bonds. The molecule has 0 fully saturated rings. The van der Waals surface area contributed by atoms with Gasteiger partial charge in [-0.2, -0.15) is 0 Å². The lowest BCUT2D eigenvalue weighted by atomic mass is 10.1. The number of aromatic nitrogens is 1. The van der Waals surface area contributed by atoms with Crippen LogP contribution in [0.2, 0.25) is 5.02 Å². The Morgan fingerprint density at radius 2 is 2.00 bits per heavy atom. The molecule has 0 saturated carbocycles. The molecule has 0 unspecified atom stereocenters. The summed E-state index contributed by atoms with van der Waals surface area (Å²) >= 11 is 6.12. The highest BCUT2D eigenvalue weighted by molar-refractivity contribution is 7.89. The van der Waals surface area contributed by atoms with Crippen LogP contribution in [-0.4, -0.2) is 31.5 Å². The minimum absolute atomic E-state index is 0.0440. The minimum atomic E-state index is -3.67. The summed E-state index contributed by atoms with van der Waals surface area (Å²) in [6.07, 6.45) is 0.872. The summed E-state index contributed by atoms with van der Waals surface area (Å²) in [6, 6.07) is 9.83. The van der Waals surface area contributed by atoms with Crippen LogP contribution in [-0.2, 0) is 10.0 Å². The fraction of sp³-hybridized carbons (Fsp3) is 0.0714. The van der Waals surface area contributed by atoms with Gasteiger partial charge in [0.1, 0.15) is 5.69 Å². The predicted octanol–water partition coefficient (Wildman–Crippen LogP) is 0.990. The number of halogens is 1. The molecule has 2 aromatic rings. The van der Waals surface area contributed by atoms with Crippen LogP contribution < -0.4 is 10.5 Å². The molecule has 1 aromatic heterocycles. The van der Waals surface area contributed by atoms with Gasteiger partial charge >= 0.3 is 0 Å². The zero-order valence-electron chi connectivity index (χ0n) is 11.8. The van der Waals surface area contributed by atoms with Gasteiger partial charge in [-0.05, 0) is 24.3 Å². The predicted molar refractivity (Wildman–Crippen MR) is 84.3 cm³/mol. The lowest BCUT2D eigenvalue weighted by molar-refractivity contribution is 0.0977. The van der Waals surface area contributed by atoms with Crippen molar-refractivity contribution in [2.45, 2.75) is 0 Å². The summed E-state index contributed by atoms with van der Waals surface area (Å²) in [5.41, 5.74) is 6.00. The average molecular weight is 353 g/mol. The van der Waals surface area contributed by atoms with Crippen molar-refractivity contribution < 1.29 is 18.0 Å². The first-order valence-corrected chi connectivity index (χ1v) is 8.45. The maximum absolute atomic E-state index is 11.8. The topological polar surface area (TPSA) is 119 Å². The molecule has 1 radical (unpaired) electrons. The van der Waals surface area contributed by atoms with E-state index in [1.54, 1.807) is 6.07 Å². The van der Waals surface area contributed by atoms with Gasteiger partial charge in [0.25, 0.3) is 11.8 Å². The van der Waals surface area contributed by atoms with Crippen molar-refractivity contribution in [3.05, 3.63) is 52.7 Å². The zero-order chi connectivity index (χ0) is 17.2. The first-order valence-electron chi connectivity index (χ1n) is 6.18. The van der Waals surface area contributed by atoms with E-state index in [0.29, 0.717) is 11.3 Å². The summed E-state index contributed by atoms with van der Waals surface area (Å²) in [7, 11) is -3.67. The molecular formula is C14H11ClN3O4S. The maximum atomic E-state index is 11.8. The van der Waals surface area contributed by atoms with Crippen LogP contribution in [0.25, 0.3) is 11.3 Å². The Morgan fingerprint density at radius 1 is 1.30 bits per heavy atom. The lowest BCUT2D eigenvalue weighted by Crippen LogP contribution is -2.29. The molecule has 0 spiro atoms. The molecule has 119 valence electrons. The molecule has 0 saturated heterocycles. The molecule has 0 aliphatic heterocycles. The fourth-order valence-electron chi connectivity index (χ4n) is 1.76. The summed E-state index contributed by atoms with van der Waals surface area (Å²) in [5, 5.41) is 0.167. The molecule has 0 aliphatic rings. The summed E-state index contributed by atoms with van der Waals surface area (Å²) in [6.45, 7) is 0. The maximum Gasteiger partial charge on any atom is 0.267 e. The van der Waals surface area contributed by atoms with E-state index >= 15 is 0 Å². The van der Waals surface area contributed by atoms with E-state index in [4.69, 9.17) is 17.3 Å². The number of primary amides is 1. The van der Waals surface area contributed by atoms with Crippen molar-refractivity contribution in [1.82, 2.24) is 9.71 Å². The Morgan fingerprint density at radius 3 is 2.57 bits per heavy atom. The number of benzene rings is 1. The summed E-state index contributed by atoms with van der Waals surface area (Å²) in [5.74, 6) is -1.53. The highest BCUT2D eigenvalue weighted by Gasteiger charge is 2.14. The third kappa shape index (κ3) is 4.27. The van der Waals surface area contributed by atoms with E-state index in [1.807, 2.05) is 4.72 Å². The van der Waals surface area contributed by atoms with Crippen molar-refractivity contribution in [3.63, 3.8) is 0 Å². The molecule has 1 heterocycles. The Kier molecular flexibility index (Phi) is 4.67. The van der Waals surface area contributed by atoms with E-state index in [-0.39, 0.29) is 16.3 Å². The van der Waals surface area contributed by atoms with Crippen molar-refractivity contribution in [2.24, 2.45) is 5.73 Å². The molecule has 2 rings (SSSR count). The normalized spacial score (nSPS) is 11.0. The zero-order valence-corrected chi connectivity index (χ0v) is 13.4. The number of hydrogen-bond acceptors (Lipinski definition) is 5. The number of pyridine rings is 1. The monoisotopic (exact) mass is 352 g/mol. The number of amides is 2. The van der Waals surface area contributed by atoms with Gasteiger partial charge in [-0.3, -0.25) is 9.59 Å². The molecule has 0 atom stereocenters. The largest absolute Gasteiger partial charge is 0.364 e. The number of sulfonamides is 1. The van der Waals surface area contributed by atoms with E-state index in [0.717, 1.165) is 6.26 Å². The third-order valence-corrected chi connectivity index (χ3v) is 3.58. The van der Waals surface area contributed by atoms with Gasteiger partial charge in [0.05, 0.1) is 17.0 Å². The number of nitrogens with one attached hydrogen (secondary N) is 1. The summed E-state index contributed by atoms with van der Waals surface area (Å²) in [4.78, 5) is 26.9. The van der Waals surface area contributed by atoms with Gasteiger partial charge in [-0.1, -0.05) is 17.7 Å². The quantitative estimate of drug-likeness (QED) is 0.850. The van der Waals surface area contributed by atoms with Crippen LogP contribution in [0.4, 0.5) is 0 Å². The molecular weight excluding hydrogens is 342 g/mol. The third-order valence-electron chi connectivity index (χ3n) is 2.71. The number of carbonyl (C=O) groups excluding carboxylic acids is 2. The van der Waals surface area contributed by atoms with Crippen molar-refractivity contribution >= 4 is 33.4 Å². The average Bonchev–Trinajstić information content (AvgIpc) is 2.45. The second kappa shape index (κ2) is 6.35. The second-order valence-corrected chi connectivity index (χ2v) is 6.74. The van der Waals surface area contributed by atoms with E-state index < -0.39 is 21.8 Å². The standard InChI is InChI=1S/C14H11ClN3O4S/c1-23(21,22)18-14(20)8-5-6-9(10(15)7-8)11-3-2-4-12(17-11)13(16)19/h2-3,5-7H,1H3,(H2,16,19)(H,18,20). The SMILES string of the molecule is CS(=O)(=O)NC(=O)c1ccc(-c2cc[c]c(C(N)=O)n2)c(Cl)c1. The molecule has 0 bridgehead atoms. The van der Waals surface area contributed by atoms with Gasteiger partial charge in [0, 0.05) is 17.2 Å². The number of carbonyl (C=O) groups is 2. The Hall–Kier alpha value is -2.45. The lowest BCUT2D eigenvalue weighted by Gasteiger charge is -2.07. The first kappa shape index (κ1) is 16.9.